The molecule has 2 aromatic rings. The minimum Gasteiger partial charge on any atom is -0.494 e. The van der Waals surface area contributed by atoms with Gasteiger partial charge in [-0.15, -0.1) is 11.3 Å². The van der Waals surface area contributed by atoms with Crippen LogP contribution in [-0.4, -0.2) is 17.8 Å². The molecule has 0 aliphatic carbocycles. The Balaban J connectivity index is 2.35. The number of para-hydroxylation sites is 1. The van der Waals surface area contributed by atoms with Crippen molar-refractivity contribution in [2.45, 2.75) is 6.54 Å². The molecule has 0 atom stereocenters. The van der Waals surface area contributed by atoms with Gasteiger partial charge in [0.1, 0.15) is 28.4 Å². The Kier molecular flexibility index (Phi) is 3.52. The zero-order chi connectivity index (χ0) is 13.0. The Hall–Kier alpha value is -2.44. The quantitative estimate of drug-likeness (QED) is 0.789. The summed E-state index contributed by atoms with van der Waals surface area (Å²) < 4.78 is 6.21. The fraction of sp³-hybridized carbons (Fsp3) is 0.167. The van der Waals surface area contributed by atoms with E-state index in [1.165, 1.54) is 11.3 Å². The minimum absolute atomic E-state index is 0.138. The second-order valence-corrected chi connectivity index (χ2v) is 4.42. The average molecular weight is 256 g/mol. The van der Waals surface area contributed by atoms with Gasteiger partial charge in [0.15, 0.2) is 0 Å². The van der Waals surface area contributed by atoms with E-state index in [4.69, 9.17) is 15.3 Å². The first kappa shape index (κ1) is 12.0. The number of nitrogens with zero attached hydrogens (tertiary/aromatic N) is 4. The molecule has 0 bridgehead atoms. The Morgan fingerprint density at radius 1 is 1.44 bits per heavy atom. The molecule has 1 heterocycles. The summed E-state index contributed by atoms with van der Waals surface area (Å²) in [5, 5.41) is 17.9. The zero-order valence-electron chi connectivity index (χ0n) is 9.54. The molecule has 2 rings (SSSR count). The van der Waals surface area contributed by atoms with Gasteiger partial charge in [0.2, 0.25) is 5.71 Å². The molecule has 1 aromatic heterocycles. The number of benzene rings is 1. The minimum atomic E-state index is -0.138. The van der Waals surface area contributed by atoms with Crippen LogP contribution in [0.25, 0.3) is 10.2 Å². The van der Waals surface area contributed by atoms with Gasteiger partial charge >= 0.3 is 0 Å². The van der Waals surface area contributed by atoms with Crippen LogP contribution < -0.4 is 4.74 Å². The summed E-state index contributed by atoms with van der Waals surface area (Å²) in [6, 6.07) is 9.11. The first-order chi connectivity index (χ1) is 8.78. The summed E-state index contributed by atoms with van der Waals surface area (Å²) in [7, 11) is 1.59. The van der Waals surface area contributed by atoms with Crippen molar-refractivity contribution in [1.82, 2.24) is 4.98 Å². The molecule has 88 valence electrons. The Bertz CT molecular complexity index is 674. The van der Waals surface area contributed by atoms with Gasteiger partial charge in [-0.3, -0.25) is 4.99 Å². The van der Waals surface area contributed by atoms with Crippen LogP contribution in [-0.2, 0) is 6.54 Å². The van der Waals surface area contributed by atoms with E-state index in [-0.39, 0.29) is 12.3 Å². The van der Waals surface area contributed by atoms with Gasteiger partial charge in [0, 0.05) is 0 Å². The van der Waals surface area contributed by atoms with Crippen molar-refractivity contribution in [2.24, 2.45) is 4.99 Å². The fourth-order valence-electron chi connectivity index (χ4n) is 1.44. The average Bonchev–Trinajstić information content (AvgIpc) is 2.82. The molecule has 0 saturated heterocycles. The van der Waals surface area contributed by atoms with Crippen molar-refractivity contribution >= 4 is 27.3 Å². The highest BCUT2D eigenvalue weighted by Gasteiger charge is 2.08. The first-order valence-corrected chi connectivity index (χ1v) is 5.87. The lowest BCUT2D eigenvalue weighted by Gasteiger charge is -1.97. The summed E-state index contributed by atoms with van der Waals surface area (Å²) >= 11 is 1.47. The summed E-state index contributed by atoms with van der Waals surface area (Å²) in [6.45, 7) is 0.235. The molecule has 0 spiro atoms. The van der Waals surface area contributed by atoms with Crippen LogP contribution in [0.4, 0.5) is 0 Å². The second kappa shape index (κ2) is 5.26. The molecule has 0 fully saturated rings. The van der Waals surface area contributed by atoms with Gasteiger partial charge in [-0.1, -0.05) is 6.07 Å². The number of ether oxygens (including phenoxy) is 1. The van der Waals surface area contributed by atoms with Crippen LogP contribution in [0.2, 0.25) is 0 Å². The van der Waals surface area contributed by atoms with Crippen molar-refractivity contribution < 1.29 is 4.74 Å². The molecule has 0 radical (unpaired) electrons. The van der Waals surface area contributed by atoms with Gasteiger partial charge in [-0.05, 0) is 12.1 Å². The predicted molar refractivity (Wildman–Crippen MR) is 68.5 cm³/mol. The van der Waals surface area contributed by atoms with Crippen LogP contribution in [0.1, 0.15) is 5.01 Å². The van der Waals surface area contributed by atoms with Crippen LogP contribution in [0.15, 0.2) is 23.2 Å². The van der Waals surface area contributed by atoms with E-state index in [0.29, 0.717) is 5.75 Å². The highest BCUT2D eigenvalue weighted by atomic mass is 32.1. The molecular formula is C12H8N4OS. The smallest absolute Gasteiger partial charge is 0.213 e. The topological polar surface area (TPSA) is 82.1 Å². The molecule has 0 amide bonds. The van der Waals surface area contributed by atoms with E-state index in [1.807, 2.05) is 18.2 Å². The Morgan fingerprint density at radius 2 is 2.22 bits per heavy atom. The normalized spacial score (nSPS) is 9.50. The largest absolute Gasteiger partial charge is 0.494 e. The van der Waals surface area contributed by atoms with Crippen molar-refractivity contribution in [1.29, 1.82) is 10.5 Å². The lowest BCUT2D eigenvalue weighted by molar-refractivity contribution is 0.419. The number of nitriles is 2. The lowest BCUT2D eigenvalue weighted by Crippen LogP contribution is -1.90. The fourth-order valence-corrected chi connectivity index (χ4v) is 2.35. The maximum atomic E-state index is 8.59. The predicted octanol–water partition coefficient (Wildman–Crippen LogP) is 2.29. The Morgan fingerprint density at radius 3 is 2.89 bits per heavy atom. The number of aliphatic imine (C=N–C) groups is 1. The maximum Gasteiger partial charge on any atom is 0.213 e. The number of hydrogen-bond acceptors (Lipinski definition) is 6. The van der Waals surface area contributed by atoms with Crippen LogP contribution in [0.3, 0.4) is 0 Å². The maximum absolute atomic E-state index is 8.59. The van der Waals surface area contributed by atoms with Gasteiger partial charge < -0.3 is 4.74 Å². The van der Waals surface area contributed by atoms with E-state index in [0.717, 1.165) is 15.2 Å². The summed E-state index contributed by atoms with van der Waals surface area (Å²) in [4.78, 5) is 8.27. The number of rotatable bonds is 3. The highest BCUT2D eigenvalue weighted by molar-refractivity contribution is 7.18. The van der Waals surface area contributed by atoms with Gasteiger partial charge in [-0.25, -0.2) is 4.98 Å². The summed E-state index contributed by atoms with van der Waals surface area (Å²) in [6.07, 6.45) is 0. The second-order valence-electron chi connectivity index (χ2n) is 3.30. The van der Waals surface area contributed by atoms with Crippen LogP contribution in [0.5, 0.6) is 5.75 Å². The Labute approximate surface area is 108 Å². The third-order valence-corrected chi connectivity index (χ3v) is 3.24. The summed E-state index contributed by atoms with van der Waals surface area (Å²) in [5.74, 6) is 0.708. The van der Waals surface area contributed by atoms with E-state index in [1.54, 1.807) is 19.2 Å². The zero-order valence-corrected chi connectivity index (χ0v) is 10.4. The molecular weight excluding hydrogens is 248 g/mol. The molecule has 18 heavy (non-hydrogen) atoms. The van der Waals surface area contributed by atoms with Gasteiger partial charge in [-0.2, -0.15) is 10.5 Å². The van der Waals surface area contributed by atoms with Crippen molar-refractivity contribution in [3.63, 3.8) is 0 Å². The molecule has 6 heteroatoms. The molecule has 0 N–H and O–H groups in total. The third-order valence-electron chi connectivity index (χ3n) is 2.23. The van der Waals surface area contributed by atoms with Crippen molar-refractivity contribution in [3.05, 3.63) is 23.2 Å². The number of thiazole rings is 1. The van der Waals surface area contributed by atoms with Crippen LogP contribution in [0, 0.1) is 22.7 Å². The van der Waals surface area contributed by atoms with E-state index in [2.05, 4.69) is 9.98 Å². The van der Waals surface area contributed by atoms with Crippen molar-refractivity contribution in [2.75, 3.05) is 7.11 Å². The molecule has 1 aromatic carbocycles. The summed E-state index contributed by atoms with van der Waals surface area (Å²) in [5.41, 5.74) is 0.645. The lowest BCUT2D eigenvalue weighted by atomic mass is 10.3. The molecule has 0 saturated carbocycles. The van der Waals surface area contributed by atoms with E-state index < -0.39 is 0 Å². The molecule has 5 nitrogen and oxygen atoms in total. The molecule has 0 aliphatic heterocycles. The van der Waals surface area contributed by atoms with E-state index >= 15 is 0 Å². The standard InChI is InChI=1S/C12H8N4OS/c1-17-9-3-2-4-10-12(9)16-11(18-10)7-15-8(5-13)6-14/h2-4H,7H2,1H3. The SMILES string of the molecule is COc1cccc2sc(CN=C(C#N)C#N)nc12. The molecule has 0 unspecified atom stereocenters. The highest BCUT2D eigenvalue weighted by Crippen LogP contribution is 2.29. The molecule has 0 aliphatic rings. The van der Waals surface area contributed by atoms with Gasteiger partial charge in [0.05, 0.1) is 18.4 Å². The van der Waals surface area contributed by atoms with Gasteiger partial charge in [0.25, 0.3) is 0 Å². The van der Waals surface area contributed by atoms with Crippen LogP contribution >= 0.6 is 11.3 Å². The van der Waals surface area contributed by atoms with E-state index in [9.17, 15) is 0 Å². The third kappa shape index (κ3) is 2.29. The number of fused-ring (bicyclic) bond motifs is 1. The number of aromatic nitrogens is 1. The number of methoxy groups -OCH3 is 1. The monoisotopic (exact) mass is 256 g/mol. The van der Waals surface area contributed by atoms with Crippen molar-refractivity contribution in [3.8, 4) is 17.9 Å². The number of hydrogen-bond donors (Lipinski definition) is 0. The first-order valence-electron chi connectivity index (χ1n) is 5.05.